The first kappa shape index (κ1) is 19.0. The summed E-state index contributed by atoms with van der Waals surface area (Å²) in [6.45, 7) is 4.98. The van der Waals surface area contributed by atoms with Crippen LogP contribution < -0.4 is 5.32 Å². The van der Waals surface area contributed by atoms with Crippen LogP contribution in [0.15, 0.2) is 29.4 Å². The lowest BCUT2D eigenvalue weighted by Crippen LogP contribution is -2.15. The van der Waals surface area contributed by atoms with E-state index >= 15 is 0 Å². The first-order valence-electron chi connectivity index (χ1n) is 9.57. The van der Waals surface area contributed by atoms with Gasteiger partial charge < -0.3 is 9.88 Å². The highest BCUT2D eigenvalue weighted by molar-refractivity contribution is 7.99. The Morgan fingerprint density at radius 2 is 2.08 bits per heavy atom. The number of hydrogen-bond donors (Lipinski definition) is 1. The molecule has 1 aromatic heterocycles. The largest absolute Gasteiger partial charge is 0.325 e. The van der Waals surface area contributed by atoms with Crippen molar-refractivity contribution in [2.75, 3.05) is 11.1 Å². The van der Waals surface area contributed by atoms with Gasteiger partial charge in [-0.2, -0.15) is 0 Å². The van der Waals surface area contributed by atoms with Gasteiger partial charge >= 0.3 is 0 Å². The van der Waals surface area contributed by atoms with Gasteiger partial charge in [0.25, 0.3) is 0 Å². The number of anilines is 1. The number of hydrogen-bond acceptors (Lipinski definition) is 4. The summed E-state index contributed by atoms with van der Waals surface area (Å²) >= 11 is 1.46. The van der Waals surface area contributed by atoms with E-state index in [2.05, 4.69) is 27.0 Å². The van der Waals surface area contributed by atoms with Crippen molar-refractivity contribution in [1.29, 1.82) is 0 Å². The zero-order valence-corrected chi connectivity index (χ0v) is 16.5. The molecule has 1 saturated carbocycles. The van der Waals surface area contributed by atoms with Gasteiger partial charge in [0.05, 0.1) is 5.75 Å². The molecule has 1 aliphatic rings. The van der Waals surface area contributed by atoms with Gasteiger partial charge in [-0.05, 0) is 37.5 Å². The van der Waals surface area contributed by atoms with Crippen LogP contribution in [0.1, 0.15) is 50.4 Å². The van der Waals surface area contributed by atoms with E-state index in [1.807, 2.05) is 31.2 Å². The third-order valence-electron chi connectivity index (χ3n) is 4.94. The SMILES string of the molecule is CCn1c(CC2CCCCC2)nnc1SCC(=O)Nc1cccc(C)c1. The highest BCUT2D eigenvalue weighted by Gasteiger charge is 2.19. The standard InChI is InChI=1S/C20H28N4OS/c1-3-24-18(13-16-9-5-4-6-10-16)22-23-20(24)26-14-19(25)21-17-11-7-8-15(2)12-17/h7-8,11-12,16H,3-6,9-10,13-14H2,1-2H3,(H,21,25). The molecule has 0 spiro atoms. The Bertz CT molecular complexity index is 737. The van der Waals surface area contributed by atoms with Gasteiger partial charge in [-0.15, -0.1) is 10.2 Å². The van der Waals surface area contributed by atoms with Gasteiger partial charge in [0.2, 0.25) is 5.91 Å². The van der Waals surface area contributed by atoms with E-state index in [-0.39, 0.29) is 5.91 Å². The van der Waals surface area contributed by atoms with E-state index in [1.165, 1.54) is 43.9 Å². The van der Waals surface area contributed by atoms with E-state index < -0.39 is 0 Å². The van der Waals surface area contributed by atoms with Gasteiger partial charge in [0.1, 0.15) is 5.82 Å². The summed E-state index contributed by atoms with van der Waals surface area (Å²) in [6.07, 6.45) is 7.66. The van der Waals surface area contributed by atoms with Gasteiger partial charge in [-0.25, -0.2) is 0 Å². The van der Waals surface area contributed by atoms with E-state index in [1.54, 1.807) is 0 Å². The van der Waals surface area contributed by atoms with Crippen molar-refractivity contribution in [2.24, 2.45) is 5.92 Å². The molecule has 0 aliphatic heterocycles. The maximum absolute atomic E-state index is 12.2. The second kappa shape index (κ2) is 9.21. The van der Waals surface area contributed by atoms with Crippen molar-refractivity contribution in [1.82, 2.24) is 14.8 Å². The monoisotopic (exact) mass is 372 g/mol. The number of benzene rings is 1. The number of nitrogens with zero attached hydrogens (tertiary/aromatic N) is 3. The molecule has 1 aliphatic carbocycles. The lowest BCUT2D eigenvalue weighted by molar-refractivity contribution is -0.113. The number of aromatic nitrogens is 3. The van der Waals surface area contributed by atoms with E-state index in [4.69, 9.17) is 0 Å². The lowest BCUT2D eigenvalue weighted by atomic mass is 9.87. The number of amides is 1. The van der Waals surface area contributed by atoms with E-state index in [9.17, 15) is 4.79 Å². The van der Waals surface area contributed by atoms with Crippen LogP contribution in [-0.2, 0) is 17.8 Å². The molecule has 0 unspecified atom stereocenters. The third kappa shape index (κ3) is 5.10. The molecule has 3 rings (SSSR count). The van der Waals surface area contributed by atoms with Gasteiger partial charge in [0, 0.05) is 18.7 Å². The fourth-order valence-electron chi connectivity index (χ4n) is 3.59. The molecule has 0 atom stereocenters. The summed E-state index contributed by atoms with van der Waals surface area (Å²) in [7, 11) is 0. The van der Waals surface area contributed by atoms with Crippen LogP contribution in [0.4, 0.5) is 5.69 Å². The third-order valence-corrected chi connectivity index (χ3v) is 5.91. The minimum Gasteiger partial charge on any atom is -0.325 e. The Labute approximate surface area is 160 Å². The van der Waals surface area contributed by atoms with Gasteiger partial charge in [0.15, 0.2) is 5.16 Å². The molecule has 1 heterocycles. The number of carbonyl (C=O) groups is 1. The van der Waals surface area contributed by atoms with Crippen LogP contribution in [0.5, 0.6) is 0 Å². The van der Waals surface area contributed by atoms with Crippen LogP contribution in [0.2, 0.25) is 0 Å². The summed E-state index contributed by atoms with van der Waals surface area (Å²) in [5.41, 5.74) is 1.97. The molecule has 0 radical (unpaired) electrons. The van der Waals surface area contributed by atoms with Crippen molar-refractivity contribution in [3.05, 3.63) is 35.7 Å². The molecule has 0 saturated heterocycles. The minimum atomic E-state index is -0.0138. The van der Waals surface area contributed by atoms with E-state index in [0.717, 1.165) is 41.1 Å². The first-order chi connectivity index (χ1) is 12.7. The van der Waals surface area contributed by atoms with Crippen LogP contribution in [0, 0.1) is 12.8 Å². The van der Waals surface area contributed by atoms with Crippen LogP contribution in [-0.4, -0.2) is 26.4 Å². The van der Waals surface area contributed by atoms with Crippen molar-refractivity contribution < 1.29 is 4.79 Å². The van der Waals surface area contributed by atoms with Gasteiger partial charge in [-0.1, -0.05) is 56.0 Å². The molecule has 0 bridgehead atoms. The quantitative estimate of drug-likeness (QED) is 0.729. The topological polar surface area (TPSA) is 59.8 Å². The Kier molecular flexibility index (Phi) is 6.72. The van der Waals surface area contributed by atoms with Crippen LogP contribution >= 0.6 is 11.8 Å². The zero-order valence-electron chi connectivity index (χ0n) is 15.7. The van der Waals surface area contributed by atoms with Crippen molar-refractivity contribution in [3.8, 4) is 0 Å². The van der Waals surface area contributed by atoms with E-state index in [0.29, 0.717) is 5.75 Å². The molecule has 6 heteroatoms. The predicted molar refractivity (Wildman–Crippen MR) is 107 cm³/mol. The number of nitrogens with one attached hydrogen (secondary N) is 1. The Balaban J connectivity index is 1.56. The van der Waals surface area contributed by atoms with Crippen LogP contribution in [0.3, 0.4) is 0 Å². The maximum atomic E-state index is 12.2. The number of aryl methyl sites for hydroxylation is 1. The lowest BCUT2D eigenvalue weighted by Gasteiger charge is -2.21. The average Bonchev–Trinajstić information content (AvgIpc) is 3.02. The van der Waals surface area contributed by atoms with Gasteiger partial charge in [-0.3, -0.25) is 4.79 Å². The number of thioether (sulfide) groups is 1. The molecule has 1 N–H and O–H groups in total. The maximum Gasteiger partial charge on any atom is 0.234 e. The summed E-state index contributed by atoms with van der Waals surface area (Å²) in [5, 5.41) is 12.5. The fourth-order valence-corrected chi connectivity index (χ4v) is 4.42. The zero-order chi connectivity index (χ0) is 18.4. The number of rotatable bonds is 7. The van der Waals surface area contributed by atoms with Crippen molar-refractivity contribution in [2.45, 2.75) is 64.1 Å². The second-order valence-electron chi connectivity index (χ2n) is 7.06. The van der Waals surface area contributed by atoms with Crippen molar-refractivity contribution in [3.63, 3.8) is 0 Å². The first-order valence-corrected chi connectivity index (χ1v) is 10.6. The molecule has 26 heavy (non-hydrogen) atoms. The normalized spacial score (nSPS) is 15.2. The second-order valence-corrected chi connectivity index (χ2v) is 8.00. The average molecular weight is 373 g/mol. The summed E-state index contributed by atoms with van der Waals surface area (Å²) in [5.74, 6) is 2.14. The molecule has 140 valence electrons. The summed E-state index contributed by atoms with van der Waals surface area (Å²) < 4.78 is 2.17. The minimum absolute atomic E-state index is 0.0138. The van der Waals surface area contributed by atoms with Crippen molar-refractivity contribution >= 4 is 23.4 Å². The molecule has 1 amide bonds. The molecule has 1 fully saturated rings. The Hall–Kier alpha value is -1.82. The molecule has 1 aromatic carbocycles. The Morgan fingerprint density at radius 1 is 1.27 bits per heavy atom. The smallest absolute Gasteiger partial charge is 0.234 e. The molecule has 5 nitrogen and oxygen atoms in total. The fraction of sp³-hybridized carbons (Fsp3) is 0.550. The summed E-state index contributed by atoms with van der Waals surface area (Å²) in [4.78, 5) is 12.2. The molecule has 2 aromatic rings. The number of carbonyl (C=O) groups excluding carboxylic acids is 1. The van der Waals surface area contributed by atoms with Crippen LogP contribution in [0.25, 0.3) is 0 Å². The predicted octanol–water partition coefficient (Wildman–Crippen LogP) is 4.46. The Morgan fingerprint density at radius 3 is 2.81 bits per heavy atom. The molecular weight excluding hydrogens is 344 g/mol. The highest BCUT2D eigenvalue weighted by Crippen LogP contribution is 2.27. The highest BCUT2D eigenvalue weighted by atomic mass is 32.2. The summed E-state index contributed by atoms with van der Waals surface area (Å²) in [6, 6.07) is 7.84. The molecular formula is C20H28N4OS.